The van der Waals surface area contributed by atoms with Crippen LogP contribution in [0.1, 0.15) is 42.1 Å². The van der Waals surface area contributed by atoms with Gasteiger partial charge in [0, 0.05) is 5.56 Å². The van der Waals surface area contributed by atoms with E-state index in [1.807, 2.05) is 44.2 Å². The lowest BCUT2D eigenvalue weighted by Crippen LogP contribution is -2.43. The lowest BCUT2D eigenvalue weighted by atomic mass is 9.86. The zero-order chi connectivity index (χ0) is 22.8. The van der Waals surface area contributed by atoms with Crippen LogP contribution in [0.4, 0.5) is 0 Å². The highest BCUT2D eigenvalue weighted by atomic mass is 16.5. The quantitative estimate of drug-likeness (QED) is 0.470. The number of benzene rings is 2. The van der Waals surface area contributed by atoms with Gasteiger partial charge in [-0.2, -0.15) is 0 Å². The lowest BCUT2D eigenvalue weighted by Gasteiger charge is -2.21. The predicted octanol–water partition coefficient (Wildman–Crippen LogP) is 2.84. The van der Waals surface area contributed by atoms with E-state index in [-0.39, 0.29) is 11.5 Å². The molecule has 0 spiro atoms. The molecule has 0 aliphatic heterocycles. The van der Waals surface area contributed by atoms with Crippen molar-refractivity contribution in [1.29, 1.82) is 0 Å². The molecule has 2 unspecified atom stereocenters. The fourth-order valence-corrected chi connectivity index (χ4v) is 3.03. The first-order valence-electron chi connectivity index (χ1n) is 9.94. The van der Waals surface area contributed by atoms with E-state index >= 15 is 0 Å². The summed E-state index contributed by atoms with van der Waals surface area (Å²) in [6.07, 6.45) is 0.780. The van der Waals surface area contributed by atoms with Gasteiger partial charge in [0.2, 0.25) is 0 Å². The highest BCUT2D eigenvalue weighted by molar-refractivity contribution is 5.96. The number of carbonyl (C=O) groups excluding carboxylic acids is 3. The molecule has 0 saturated heterocycles. The highest BCUT2D eigenvalue weighted by Gasteiger charge is 2.27. The summed E-state index contributed by atoms with van der Waals surface area (Å²) in [6.45, 7) is 3.44. The van der Waals surface area contributed by atoms with Gasteiger partial charge in [0.15, 0.2) is 18.1 Å². The van der Waals surface area contributed by atoms with Crippen LogP contribution >= 0.6 is 0 Å². The third-order valence-corrected chi connectivity index (χ3v) is 4.93. The molecule has 8 nitrogen and oxygen atoms in total. The van der Waals surface area contributed by atoms with E-state index < -0.39 is 30.3 Å². The molecule has 0 saturated carbocycles. The molecule has 0 aliphatic rings. The van der Waals surface area contributed by atoms with Gasteiger partial charge in [-0.25, -0.2) is 0 Å². The molecule has 0 aromatic heterocycles. The molecule has 2 aromatic rings. The molecular formula is C23H28N2O6. The average molecular weight is 428 g/mol. The number of amides is 2. The molecule has 8 heteroatoms. The van der Waals surface area contributed by atoms with Gasteiger partial charge in [-0.1, -0.05) is 50.6 Å². The van der Waals surface area contributed by atoms with E-state index in [4.69, 9.17) is 14.2 Å². The number of hydrazine groups is 1. The summed E-state index contributed by atoms with van der Waals surface area (Å²) in [4.78, 5) is 36.9. The Morgan fingerprint density at radius 1 is 0.935 bits per heavy atom. The first kappa shape index (κ1) is 23.7. The molecule has 2 aromatic carbocycles. The van der Waals surface area contributed by atoms with Crippen LogP contribution in [0.15, 0.2) is 48.5 Å². The van der Waals surface area contributed by atoms with Crippen molar-refractivity contribution in [1.82, 2.24) is 10.9 Å². The predicted molar refractivity (Wildman–Crippen MR) is 115 cm³/mol. The second-order valence-electron chi connectivity index (χ2n) is 6.95. The Labute approximate surface area is 181 Å². The summed E-state index contributed by atoms with van der Waals surface area (Å²) < 4.78 is 15.5. The van der Waals surface area contributed by atoms with E-state index in [1.54, 1.807) is 6.07 Å². The van der Waals surface area contributed by atoms with E-state index in [0.29, 0.717) is 11.5 Å². The number of methoxy groups -OCH3 is 2. The monoisotopic (exact) mass is 428 g/mol. The standard InChI is InChI=1S/C23H28N2O6/c1-5-15(2)21(16-9-7-6-8-10-16)23(28)31-14-20(26)24-25-22(27)17-11-12-18(29-3)19(13-17)30-4/h6-13,15,21H,5,14H2,1-4H3,(H,24,26)(H,25,27). The summed E-state index contributed by atoms with van der Waals surface area (Å²) in [5.41, 5.74) is 5.61. The van der Waals surface area contributed by atoms with Crippen molar-refractivity contribution >= 4 is 17.8 Å². The van der Waals surface area contributed by atoms with Crippen molar-refractivity contribution in [3.8, 4) is 11.5 Å². The summed E-state index contributed by atoms with van der Waals surface area (Å²) in [5, 5.41) is 0. The normalized spacial score (nSPS) is 12.3. The van der Waals surface area contributed by atoms with Crippen LogP contribution < -0.4 is 20.3 Å². The van der Waals surface area contributed by atoms with Crippen LogP contribution in [0.3, 0.4) is 0 Å². The van der Waals surface area contributed by atoms with Crippen molar-refractivity contribution in [2.24, 2.45) is 5.92 Å². The fourth-order valence-electron chi connectivity index (χ4n) is 3.03. The van der Waals surface area contributed by atoms with Gasteiger partial charge in [-0.15, -0.1) is 0 Å². The maximum atomic E-state index is 12.6. The number of nitrogens with one attached hydrogen (secondary N) is 2. The molecule has 31 heavy (non-hydrogen) atoms. The minimum absolute atomic E-state index is 0.0442. The van der Waals surface area contributed by atoms with Gasteiger partial charge in [-0.3, -0.25) is 25.2 Å². The average Bonchev–Trinajstić information content (AvgIpc) is 2.81. The Hall–Kier alpha value is -3.55. The van der Waals surface area contributed by atoms with Crippen molar-refractivity contribution < 1.29 is 28.6 Å². The maximum absolute atomic E-state index is 12.6. The Morgan fingerprint density at radius 2 is 1.61 bits per heavy atom. The zero-order valence-corrected chi connectivity index (χ0v) is 18.1. The third kappa shape index (κ3) is 6.47. The van der Waals surface area contributed by atoms with Crippen molar-refractivity contribution in [3.63, 3.8) is 0 Å². The van der Waals surface area contributed by atoms with Crippen LogP contribution in [0, 0.1) is 5.92 Å². The smallest absolute Gasteiger partial charge is 0.314 e. The Morgan fingerprint density at radius 3 is 2.23 bits per heavy atom. The van der Waals surface area contributed by atoms with E-state index in [0.717, 1.165) is 12.0 Å². The topological polar surface area (TPSA) is 103 Å². The summed E-state index contributed by atoms with van der Waals surface area (Å²) >= 11 is 0. The van der Waals surface area contributed by atoms with Crippen LogP contribution in [0.2, 0.25) is 0 Å². The first-order chi connectivity index (χ1) is 14.9. The number of esters is 1. The molecule has 0 radical (unpaired) electrons. The number of hydrogen-bond acceptors (Lipinski definition) is 6. The highest BCUT2D eigenvalue weighted by Crippen LogP contribution is 2.28. The molecule has 0 fully saturated rings. The molecule has 0 heterocycles. The second-order valence-corrected chi connectivity index (χ2v) is 6.95. The van der Waals surface area contributed by atoms with Crippen LogP contribution in [0.25, 0.3) is 0 Å². The van der Waals surface area contributed by atoms with E-state index in [9.17, 15) is 14.4 Å². The minimum Gasteiger partial charge on any atom is -0.493 e. The SMILES string of the molecule is CCC(C)C(C(=O)OCC(=O)NNC(=O)c1ccc(OC)c(OC)c1)c1ccccc1. The molecule has 2 amide bonds. The van der Waals surface area contributed by atoms with Crippen molar-refractivity contribution in [3.05, 3.63) is 59.7 Å². The Balaban J connectivity index is 1.91. The molecule has 2 atom stereocenters. The molecule has 2 N–H and O–H groups in total. The van der Waals surface area contributed by atoms with Gasteiger partial charge in [0.1, 0.15) is 0 Å². The number of hydrogen-bond donors (Lipinski definition) is 2. The Bertz CT molecular complexity index is 900. The number of ether oxygens (including phenoxy) is 3. The minimum atomic E-state index is -0.655. The Kier molecular flexibility index (Phi) is 8.87. The second kappa shape index (κ2) is 11.6. The summed E-state index contributed by atoms with van der Waals surface area (Å²) in [7, 11) is 2.94. The van der Waals surface area contributed by atoms with Gasteiger partial charge in [0.25, 0.3) is 11.8 Å². The molecular weight excluding hydrogens is 400 g/mol. The number of carbonyl (C=O) groups is 3. The molecule has 0 bridgehead atoms. The maximum Gasteiger partial charge on any atom is 0.314 e. The largest absolute Gasteiger partial charge is 0.493 e. The molecule has 166 valence electrons. The molecule has 2 rings (SSSR count). The lowest BCUT2D eigenvalue weighted by molar-refractivity contribution is -0.151. The van der Waals surface area contributed by atoms with Gasteiger partial charge in [0.05, 0.1) is 20.1 Å². The summed E-state index contributed by atoms with van der Waals surface area (Å²) in [5.74, 6) is -1.26. The van der Waals surface area contributed by atoms with Crippen molar-refractivity contribution in [2.75, 3.05) is 20.8 Å². The van der Waals surface area contributed by atoms with Crippen molar-refractivity contribution in [2.45, 2.75) is 26.2 Å². The first-order valence-corrected chi connectivity index (χ1v) is 9.94. The fraction of sp³-hybridized carbons (Fsp3) is 0.348. The van der Waals surface area contributed by atoms with Crippen LogP contribution in [-0.4, -0.2) is 38.6 Å². The third-order valence-electron chi connectivity index (χ3n) is 4.93. The zero-order valence-electron chi connectivity index (χ0n) is 18.1. The van der Waals surface area contributed by atoms with E-state index in [2.05, 4.69) is 10.9 Å². The van der Waals surface area contributed by atoms with Crippen LogP contribution in [-0.2, 0) is 14.3 Å². The van der Waals surface area contributed by atoms with Crippen LogP contribution in [0.5, 0.6) is 11.5 Å². The van der Waals surface area contributed by atoms with Gasteiger partial charge >= 0.3 is 5.97 Å². The summed E-state index contributed by atoms with van der Waals surface area (Å²) in [6, 6.07) is 13.9. The van der Waals surface area contributed by atoms with Gasteiger partial charge in [-0.05, 0) is 29.7 Å². The van der Waals surface area contributed by atoms with E-state index in [1.165, 1.54) is 26.4 Å². The molecule has 0 aliphatic carbocycles. The number of rotatable bonds is 9. The van der Waals surface area contributed by atoms with Gasteiger partial charge < -0.3 is 14.2 Å².